The summed E-state index contributed by atoms with van der Waals surface area (Å²) in [7, 11) is 0. The van der Waals surface area contributed by atoms with Crippen molar-refractivity contribution in [1.29, 1.82) is 0 Å². The molecule has 1 aromatic carbocycles. The van der Waals surface area contributed by atoms with Crippen LogP contribution in [-0.4, -0.2) is 36.8 Å². The molecular formula is C16H22O4S. The highest BCUT2D eigenvalue weighted by atomic mass is 32.2. The fraction of sp³-hybridized carbons (Fsp3) is 0.500. The molecule has 0 saturated carbocycles. The van der Waals surface area contributed by atoms with Gasteiger partial charge in [0.25, 0.3) is 0 Å². The summed E-state index contributed by atoms with van der Waals surface area (Å²) >= 11 is 1.45. The lowest BCUT2D eigenvalue weighted by Crippen LogP contribution is -2.21. The van der Waals surface area contributed by atoms with E-state index in [4.69, 9.17) is 9.47 Å². The Hall–Kier alpha value is -1.33. The standard InChI is InChI=1S/C16H22O4S/c1-4-15(16(18)20-11-10-19-5-2)21-14-8-6-13(7-9-14)12(3)17/h6-9,15H,4-5,10-11H2,1-3H3. The highest BCUT2D eigenvalue weighted by Crippen LogP contribution is 2.26. The summed E-state index contributed by atoms with van der Waals surface area (Å²) in [6.45, 7) is 6.71. The second-order valence-corrected chi connectivity index (χ2v) is 5.74. The highest BCUT2D eigenvalue weighted by molar-refractivity contribution is 8.00. The largest absolute Gasteiger partial charge is 0.462 e. The fourth-order valence-corrected chi connectivity index (χ4v) is 2.62. The van der Waals surface area contributed by atoms with Gasteiger partial charge in [0, 0.05) is 17.1 Å². The SMILES string of the molecule is CCOCCOC(=O)C(CC)Sc1ccc(C(C)=O)cc1. The molecule has 0 saturated heterocycles. The van der Waals surface area contributed by atoms with E-state index in [0.717, 1.165) is 4.90 Å². The lowest BCUT2D eigenvalue weighted by molar-refractivity contribution is -0.144. The summed E-state index contributed by atoms with van der Waals surface area (Å²) in [4.78, 5) is 24.1. The van der Waals surface area contributed by atoms with Crippen LogP contribution in [0.3, 0.4) is 0 Å². The molecule has 1 rings (SSSR count). The van der Waals surface area contributed by atoms with E-state index in [1.807, 2.05) is 26.0 Å². The van der Waals surface area contributed by atoms with Crippen LogP contribution in [-0.2, 0) is 14.3 Å². The number of thioether (sulfide) groups is 1. The van der Waals surface area contributed by atoms with Crippen molar-refractivity contribution in [2.24, 2.45) is 0 Å². The zero-order chi connectivity index (χ0) is 15.7. The van der Waals surface area contributed by atoms with Gasteiger partial charge >= 0.3 is 5.97 Å². The minimum atomic E-state index is -0.241. The third kappa shape index (κ3) is 6.31. The van der Waals surface area contributed by atoms with Gasteiger partial charge in [0.05, 0.1) is 6.61 Å². The third-order valence-corrected chi connectivity index (χ3v) is 4.20. The van der Waals surface area contributed by atoms with Gasteiger partial charge in [-0.25, -0.2) is 0 Å². The Morgan fingerprint density at radius 1 is 1.14 bits per heavy atom. The summed E-state index contributed by atoms with van der Waals surface area (Å²) in [6.07, 6.45) is 0.687. The Labute approximate surface area is 130 Å². The van der Waals surface area contributed by atoms with Crippen molar-refractivity contribution < 1.29 is 19.1 Å². The molecule has 1 unspecified atom stereocenters. The van der Waals surface area contributed by atoms with E-state index in [9.17, 15) is 9.59 Å². The number of ketones is 1. The second-order valence-electron chi connectivity index (χ2n) is 4.46. The molecule has 0 bridgehead atoms. The van der Waals surface area contributed by atoms with Crippen LogP contribution < -0.4 is 0 Å². The minimum absolute atomic E-state index is 0.0360. The molecule has 1 atom stereocenters. The van der Waals surface area contributed by atoms with Gasteiger partial charge in [-0.3, -0.25) is 9.59 Å². The second kappa shape index (κ2) is 9.58. The van der Waals surface area contributed by atoms with E-state index in [1.54, 1.807) is 12.1 Å². The summed E-state index contributed by atoms with van der Waals surface area (Å²) in [5.74, 6) is -0.188. The van der Waals surface area contributed by atoms with Gasteiger partial charge in [-0.1, -0.05) is 19.1 Å². The van der Waals surface area contributed by atoms with Gasteiger partial charge in [0.1, 0.15) is 11.9 Å². The average Bonchev–Trinajstić information content (AvgIpc) is 2.49. The molecule has 5 heteroatoms. The number of rotatable bonds is 9. The maximum absolute atomic E-state index is 12.0. The van der Waals surface area contributed by atoms with Crippen molar-refractivity contribution in [1.82, 2.24) is 0 Å². The Kier molecular flexibility index (Phi) is 8.08. The predicted molar refractivity (Wildman–Crippen MR) is 83.8 cm³/mol. The van der Waals surface area contributed by atoms with E-state index < -0.39 is 0 Å². The number of carbonyl (C=O) groups is 2. The van der Waals surface area contributed by atoms with Crippen LogP contribution in [0.25, 0.3) is 0 Å². The van der Waals surface area contributed by atoms with Crippen LogP contribution in [0.2, 0.25) is 0 Å². The van der Waals surface area contributed by atoms with Gasteiger partial charge in [-0.15, -0.1) is 11.8 Å². The number of Topliss-reactive ketones (excluding diaryl/α,β-unsaturated/α-hetero) is 1. The van der Waals surface area contributed by atoms with E-state index in [2.05, 4.69) is 0 Å². The zero-order valence-electron chi connectivity index (χ0n) is 12.8. The van der Waals surface area contributed by atoms with Crippen molar-refractivity contribution in [3.8, 4) is 0 Å². The van der Waals surface area contributed by atoms with Crippen LogP contribution in [0, 0.1) is 0 Å². The minimum Gasteiger partial charge on any atom is -0.462 e. The highest BCUT2D eigenvalue weighted by Gasteiger charge is 2.19. The Bertz CT molecular complexity index is 456. The van der Waals surface area contributed by atoms with Crippen LogP contribution in [0.1, 0.15) is 37.6 Å². The lowest BCUT2D eigenvalue weighted by Gasteiger charge is -2.14. The Balaban J connectivity index is 2.52. The molecule has 0 heterocycles. The number of hydrogen-bond donors (Lipinski definition) is 0. The molecule has 0 fully saturated rings. The molecule has 1 aromatic rings. The van der Waals surface area contributed by atoms with Crippen molar-refractivity contribution >= 4 is 23.5 Å². The maximum Gasteiger partial charge on any atom is 0.319 e. The molecule has 21 heavy (non-hydrogen) atoms. The maximum atomic E-state index is 12.0. The smallest absolute Gasteiger partial charge is 0.319 e. The molecule has 116 valence electrons. The summed E-state index contributed by atoms with van der Waals surface area (Å²) < 4.78 is 10.3. The van der Waals surface area contributed by atoms with Crippen LogP contribution in [0.4, 0.5) is 0 Å². The topological polar surface area (TPSA) is 52.6 Å². The number of benzene rings is 1. The van der Waals surface area contributed by atoms with Gasteiger partial charge in [0.15, 0.2) is 5.78 Å². The van der Waals surface area contributed by atoms with E-state index in [0.29, 0.717) is 25.2 Å². The van der Waals surface area contributed by atoms with E-state index >= 15 is 0 Å². The first-order valence-corrected chi connectivity index (χ1v) is 7.98. The molecule has 0 N–H and O–H groups in total. The zero-order valence-corrected chi connectivity index (χ0v) is 13.6. The van der Waals surface area contributed by atoms with Crippen LogP contribution in [0.15, 0.2) is 29.2 Å². The van der Waals surface area contributed by atoms with Gasteiger partial charge in [-0.05, 0) is 32.4 Å². The van der Waals surface area contributed by atoms with Crippen molar-refractivity contribution in [2.75, 3.05) is 19.8 Å². The van der Waals surface area contributed by atoms with Crippen molar-refractivity contribution in [2.45, 2.75) is 37.3 Å². The first-order valence-electron chi connectivity index (χ1n) is 7.10. The van der Waals surface area contributed by atoms with E-state index in [1.165, 1.54) is 18.7 Å². The fourth-order valence-electron chi connectivity index (χ4n) is 1.67. The normalized spacial score (nSPS) is 12.0. The molecule has 4 nitrogen and oxygen atoms in total. The third-order valence-electron chi connectivity index (χ3n) is 2.85. The van der Waals surface area contributed by atoms with Crippen molar-refractivity contribution in [3.05, 3.63) is 29.8 Å². The predicted octanol–water partition coefficient (Wildman–Crippen LogP) is 3.34. The average molecular weight is 310 g/mol. The lowest BCUT2D eigenvalue weighted by atomic mass is 10.2. The van der Waals surface area contributed by atoms with Gasteiger partial charge < -0.3 is 9.47 Å². The summed E-state index contributed by atoms with van der Waals surface area (Å²) in [5, 5.41) is -0.241. The molecule has 0 aliphatic heterocycles. The monoisotopic (exact) mass is 310 g/mol. The molecular weight excluding hydrogens is 288 g/mol. The van der Waals surface area contributed by atoms with Crippen LogP contribution >= 0.6 is 11.8 Å². The first kappa shape index (κ1) is 17.7. The first-order chi connectivity index (χ1) is 10.1. The molecule has 0 aliphatic rings. The number of carbonyl (C=O) groups excluding carboxylic acids is 2. The number of hydrogen-bond acceptors (Lipinski definition) is 5. The molecule has 0 spiro atoms. The Morgan fingerprint density at radius 3 is 2.33 bits per heavy atom. The molecule has 0 amide bonds. The number of esters is 1. The van der Waals surface area contributed by atoms with Crippen molar-refractivity contribution in [3.63, 3.8) is 0 Å². The molecule has 0 aliphatic carbocycles. The molecule has 0 radical (unpaired) electrons. The summed E-state index contributed by atoms with van der Waals surface area (Å²) in [5.41, 5.74) is 0.673. The summed E-state index contributed by atoms with van der Waals surface area (Å²) in [6, 6.07) is 7.27. The van der Waals surface area contributed by atoms with Gasteiger partial charge in [0.2, 0.25) is 0 Å². The Morgan fingerprint density at radius 2 is 1.81 bits per heavy atom. The van der Waals surface area contributed by atoms with E-state index in [-0.39, 0.29) is 23.6 Å². The van der Waals surface area contributed by atoms with Crippen LogP contribution in [0.5, 0.6) is 0 Å². The quantitative estimate of drug-likeness (QED) is 0.303. The molecule has 0 aromatic heterocycles. The number of ether oxygens (including phenoxy) is 2. The van der Waals surface area contributed by atoms with Gasteiger partial charge in [-0.2, -0.15) is 0 Å².